The first kappa shape index (κ1) is 13.8. The smallest absolute Gasteiger partial charge is 0.410 e. The zero-order valence-electron chi connectivity index (χ0n) is 11.0. The number of ether oxygens (including phenoxy) is 1. The largest absolute Gasteiger partial charge is 0.444 e. The van der Waals surface area contributed by atoms with Gasteiger partial charge in [0.25, 0.3) is 0 Å². The molecular formula is C13H22N2O2. The van der Waals surface area contributed by atoms with Crippen molar-refractivity contribution in [2.24, 2.45) is 0 Å². The molecule has 17 heavy (non-hydrogen) atoms. The topological polar surface area (TPSA) is 53.3 Å². The van der Waals surface area contributed by atoms with Gasteiger partial charge >= 0.3 is 6.09 Å². The fourth-order valence-electron chi connectivity index (χ4n) is 2.13. The lowest BCUT2D eigenvalue weighted by atomic mass is 10.2. The second-order valence-electron chi connectivity index (χ2n) is 5.52. The first-order chi connectivity index (χ1) is 7.94. The molecule has 0 aromatic rings. The van der Waals surface area contributed by atoms with Gasteiger partial charge in [-0.05, 0) is 33.6 Å². The predicted octanol–water partition coefficient (Wildman–Crippen LogP) is 3.08. The summed E-state index contributed by atoms with van der Waals surface area (Å²) in [4.78, 5) is 13.8. The van der Waals surface area contributed by atoms with E-state index < -0.39 is 5.60 Å². The van der Waals surface area contributed by atoms with Gasteiger partial charge in [0.1, 0.15) is 5.60 Å². The van der Waals surface area contributed by atoms with Crippen molar-refractivity contribution in [3.05, 3.63) is 0 Å². The number of hydrogen-bond acceptors (Lipinski definition) is 3. The molecule has 0 bridgehead atoms. The highest BCUT2D eigenvalue weighted by molar-refractivity contribution is 5.68. The van der Waals surface area contributed by atoms with Crippen LogP contribution in [-0.4, -0.2) is 29.2 Å². The molecule has 0 aromatic heterocycles. The summed E-state index contributed by atoms with van der Waals surface area (Å²) >= 11 is 0. The quantitative estimate of drug-likeness (QED) is 0.759. The summed E-state index contributed by atoms with van der Waals surface area (Å²) in [6.45, 7) is 6.07. The van der Waals surface area contributed by atoms with E-state index >= 15 is 0 Å². The molecule has 1 saturated carbocycles. The van der Waals surface area contributed by atoms with E-state index in [9.17, 15) is 4.79 Å². The highest BCUT2D eigenvalue weighted by atomic mass is 16.6. The summed E-state index contributed by atoms with van der Waals surface area (Å²) in [6.07, 6.45) is 4.48. The van der Waals surface area contributed by atoms with Crippen LogP contribution in [0.5, 0.6) is 0 Å². The van der Waals surface area contributed by atoms with Crippen molar-refractivity contribution in [3.63, 3.8) is 0 Å². The summed E-state index contributed by atoms with van der Waals surface area (Å²) in [5.41, 5.74) is -0.472. The highest BCUT2D eigenvalue weighted by Crippen LogP contribution is 2.25. The zero-order chi connectivity index (χ0) is 12.9. The molecule has 1 aliphatic rings. The molecule has 1 aliphatic carbocycles. The highest BCUT2D eigenvalue weighted by Gasteiger charge is 2.29. The number of carbonyl (C=O) groups is 1. The molecule has 0 spiro atoms. The van der Waals surface area contributed by atoms with Crippen molar-refractivity contribution >= 4 is 6.09 Å². The molecule has 1 rings (SSSR count). The Balaban J connectivity index is 2.61. The zero-order valence-corrected chi connectivity index (χ0v) is 11.0. The van der Waals surface area contributed by atoms with Gasteiger partial charge in [0.05, 0.1) is 12.5 Å². The van der Waals surface area contributed by atoms with Crippen LogP contribution in [0.1, 0.15) is 52.9 Å². The van der Waals surface area contributed by atoms with E-state index in [4.69, 9.17) is 10.00 Å². The third-order valence-electron chi connectivity index (χ3n) is 2.86. The summed E-state index contributed by atoms with van der Waals surface area (Å²) in [6, 6.07) is 2.35. The molecular weight excluding hydrogens is 216 g/mol. The Hall–Kier alpha value is -1.24. The lowest BCUT2D eigenvalue weighted by Crippen LogP contribution is -2.42. The minimum Gasteiger partial charge on any atom is -0.444 e. The van der Waals surface area contributed by atoms with Crippen LogP contribution in [0.2, 0.25) is 0 Å². The second-order valence-corrected chi connectivity index (χ2v) is 5.52. The normalized spacial score (nSPS) is 16.6. The van der Waals surface area contributed by atoms with Crippen LogP contribution in [-0.2, 0) is 4.74 Å². The average Bonchev–Trinajstić information content (AvgIpc) is 2.68. The molecule has 0 heterocycles. The van der Waals surface area contributed by atoms with Crippen molar-refractivity contribution in [1.29, 1.82) is 5.26 Å². The molecule has 1 amide bonds. The van der Waals surface area contributed by atoms with Gasteiger partial charge in [0, 0.05) is 12.6 Å². The van der Waals surface area contributed by atoms with E-state index in [2.05, 4.69) is 6.07 Å². The van der Waals surface area contributed by atoms with Gasteiger partial charge in [-0.3, -0.25) is 0 Å². The Kier molecular flexibility index (Phi) is 4.80. The standard InChI is InChI=1S/C13H22N2O2/c1-13(2,3)17-12(16)15(10-6-9-14)11-7-4-5-8-11/h11H,4-8,10H2,1-3H3. The fraction of sp³-hybridized carbons (Fsp3) is 0.846. The molecule has 0 aliphatic heterocycles. The van der Waals surface area contributed by atoms with E-state index in [-0.39, 0.29) is 12.1 Å². The first-order valence-electron chi connectivity index (χ1n) is 6.30. The molecule has 0 saturated heterocycles. The number of nitrogens with zero attached hydrogens (tertiary/aromatic N) is 2. The van der Waals surface area contributed by atoms with Crippen LogP contribution in [0.3, 0.4) is 0 Å². The minimum absolute atomic E-state index is 0.262. The maximum absolute atomic E-state index is 12.0. The first-order valence-corrected chi connectivity index (χ1v) is 6.30. The van der Waals surface area contributed by atoms with Crippen molar-refractivity contribution in [1.82, 2.24) is 4.90 Å². The molecule has 0 N–H and O–H groups in total. The van der Waals surface area contributed by atoms with Gasteiger partial charge in [0.2, 0.25) is 0 Å². The van der Waals surface area contributed by atoms with E-state index in [0.29, 0.717) is 13.0 Å². The Morgan fingerprint density at radius 3 is 2.47 bits per heavy atom. The van der Waals surface area contributed by atoms with Crippen molar-refractivity contribution in [2.45, 2.75) is 64.5 Å². The molecule has 1 fully saturated rings. The lowest BCUT2D eigenvalue weighted by molar-refractivity contribution is 0.0170. The lowest BCUT2D eigenvalue weighted by Gasteiger charge is -2.31. The maximum atomic E-state index is 12.0. The Morgan fingerprint density at radius 2 is 2.00 bits per heavy atom. The van der Waals surface area contributed by atoms with Gasteiger partial charge < -0.3 is 9.64 Å². The van der Waals surface area contributed by atoms with E-state index in [1.165, 1.54) is 0 Å². The van der Waals surface area contributed by atoms with Gasteiger partial charge in [-0.25, -0.2) is 4.79 Å². The summed E-state index contributed by atoms with van der Waals surface area (Å²) in [5.74, 6) is 0. The van der Waals surface area contributed by atoms with Crippen LogP contribution in [0.4, 0.5) is 4.79 Å². The van der Waals surface area contributed by atoms with Gasteiger partial charge in [0.15, 0.2) is 0 Å². The molecule has 0 unspecified atom stereocenters. The number of nitriles is 1. The number of carbonyl (C=O) groups excluding carboxylic acids is 1. The van der Waals surface area contributed by atoms with Gasteiger partial charge in [-0.2, -0.15) is 5.26 Å². The molecule has 4 nitrogen and oxygen atoms in total. The van der Waals surface area contributed by atoms with Crippen LogP contribution < -0.4 is 0 Å². The predicted molar refractivity (Wildman–Crippen MR) is 65.4 cm³/mol. The Labute approximate surface area is 104 Å². The Bertz CT molecular complexity index is 296. The number of hydrogen-bond donors (Lipinski definition) is 0. The fourth-order valence-corrected chi connectivity index (χ4v) is 2.13. The van der Waals surface area contributed by atoms with Crippen LogP contribution in [0.15, 0.2) is 0 Å². The van der Waals surface area contributed by atoms with Crippen molar-refractivity contribution in [3.8, 4) is 6.07 Å². The van der Waals surface area contributed by atoms with Crippen molar-refractivity contribution in [2.75, 3.05) is 6.54 Å². The van der Waals surface area contributed by atoms with Gasteiger partial charge in [-0.1, -0.05) is 12.8 Å². The number of rotatable bonds is 3. The molecule has 4 heteroatoms. The second kappa shape index (κ2) is 5.90. The van der Waals surface area contributed by atoms with Crippen molar-refractivity contribution < 1.29 is 9.53 Å². The summed E-state index contributed by atoms with van der Waals surface area (Å²) in [5, 5.41) is 8.64. The number of amides is 1. The molecule has 96 valence electrons. The molecule has 0 radical (unpaired) electrons. The maximum Gasteiger partial charge on any atom is 0.410 e. The third-order valence-corrected chi connectivity index (χ3v) is 2.86. The summed E-state index contributed by atoms with van der Waals surface area (Å²) in [7, 11) is 0. The Morgan fingerprint density at radius 1 is 1.41 bits per heavy atom. The monoisotopic (exact) mass is 238 g/mol. The van der Waals surface area contributed by atoms with E-state index in [1.54, 1.807) is 4.90 Å². The SMILES string of the molecule is CC(C)(C)OC(=O)N(CCC#N)C1CCCC1. The minimum atomic E-state index is -0.472. The van der Waals surface area contributed by atoms with E-state index in [0.717, 1.165) is 25.7 Å². The average molecular weight is 238 g/mol. The summed E-state index contributed by atoms with van der Waals surface area (Å²) < 4.78 is 5.39. The van der Waals surface area contributed by atoms with Crippen LogP contribution in [0, 0.1) is 11.3 Å². The van der Waals surface area contributed by atoms with Gasteiger partial charge in [-0.15, -0.1) is 0 Å². The van der Waals surface area contributed by atoms with Crippen LogP contribution >= 0.6 is 0 Å². The molecule has 0 aromatic carbocycles. The molecule has 0 atom stereocenters. The van der Waals surface area contributed by atoms with Crippen LogP contribution in [0.25, 0.3) is 0 Å². The van der Waals surface area contributed by atoms with E-state index in [1.807, 2.05) is 20.8 Å². The third kappa shape index (κ3) is 4.64.